The molecule has 3 rings (SSSR count). The molecule has 0 atom stereocenters. The fourth-order valence-corrected chi connectivity index (χ4v) is 3.13. The van der Waals surface area contributed by atoms with Crippen LogP contribution in [0.5, 0.6) is 0 Å². The predicted molar refractivity (Wildman–Crippen MR) is 86.5 cm³/mol. The highest BCUT2D eigenvalue weighted by Gasteiger charge is 2.25. The second kappa shape index (κ2) is 7.25. The van der Waals surface area contributed by atoms with E-state index in [1.807, 2.05) is 14.1 Å². The van der Waals surface area contributed by atoms with Gasteiger partial charge in [-0.15, -0.1) is 0 Å². The van der Waals surface area contributed by atoms with Crippen molar-refractivity contribution < 1.29 is 13.3 Å². The topological polar surface area (TPSA) is 45.4 Å². The van der Waals surface area contributed by atoms with Crippen molar-refractivity contribution in [1.29, 1.82) is 0 Å². The Balaban J connectivity index is 1.79. The number of nitrogens with zero attached hydrogens (tertiary/aromatic N) is 4. The van der Waals surface area contributed by atoms with Crippen LogP contribution in [-0.2, 0) is 13.1 Å². The van der Waals surface area contributed by atoms with Crippen molar-refractivity contribution in [1.82, 2.24) is 15.0 Å². The molecule has 0 spiro atoms. The molecular formula is C17H22F2N4O. The molecule has 1 aliphatic carbocycles. The molecule has 2 aromatic rings. The average Bonchev–Trinajstić information content (AvgIpc) is 3.21. The van der Waals surface area contributed by atoms with Crippen molar-refractivity contribution in [2.75, 3.05) is 19.0 Å². The number of rotatable bonds is 6. The summed E-state index contributed by atoms with van der Waals surface area (Å²) in [7, 11) is 3.68. The summed E-state index contributed by atoms with van der Waals surface area (Å²) in [5.41, 5.74) is 0.356. The predicted octanol–water partition coefficient (Wildman–Crippen LogP) is 3.36. The molecule has 0 radical (unpaired) electrons. The van der Waals surface area contributed by atoms with Crippen molar-refractivity contribution in [3.63, 3.8) is 0 Å². The summed E-state index contributed by atoms with van der Waals surface area (Å²) >= 11 is 0. The Morgan fingerprint density at radius 2 is 1.92 bits per heavy atom. The van der Waals surface area contributed by atoms with Crippen LogP contribution >= 0.6 is 0 Å². The molecule has 0 bridgehead atoms. The van der Waals surface area contributed by atoms with Crippen molar-refractivity contribution in [3.05, 3.63) is 41.3 Å². The molecular weight excluding hydrogens is 314 g/mol. The van der Waals surface area contributed by atoms with Gasteiger partial charge in [-0.2, -0.15) is 4.98 Å². The molecule has 5 nitrogen and oxygen atoms in total. The summed E-state index contributed by atoms with van der Waals surface area (Å²) < 4.78 is 32.8. The second-order valence-corrected chi connectivity index (χ2v) is 6.46. The SMILES string of the molecule is CN(C)c1noc(CN(Cc2cc(F)ccc2F)C2CCCC2)n1. The highest BCUT2D eigenvalue weighted by molar-refractivity contribution is 5.23. The molecule has 1 aliphatic rings. The van der Waals surface area contributed by atoms with Gasteiger partial charge in [-0.1, -0.05) is 12.8 Å². The average molecular weight is 336 g/mol. The summed E-state index contributed by atoms with van der Waals surface area (Å²) in [4.78, 5) is 8.21. The zero-order valence-electron chi connectivity index (χ0n) is 14.0. The Morgan fingerprint density at radius 3 is 2.58 bits per heavy atom. The minimum atomic E-state index is -0.426. The maximum absolute atomic E-state index is 14.0. The number of aromatic nitrogens is 2. The standard InChI is InChI=1S/C17H22F2N4O/c1-22(2)17-20-16(24-21-17)11-23(14-5-3-4-6-14)10-12-9-13(18)7-8-15(12)19/h7-9,14H,3-6,10-11H2,1-2H3. The molecule has 24 heavy (non-hydrogen) atoms. The third-order valence-corrected chi connectivity index (χ3v) is 4.42. The van der Waals surface area contributed by atoms with Crippen LogP contribution in [-0.4, -0.2) is 35.2 Å². The third kappa shape index (κ3) is 3.90. The van der Waals surface area contributed by atoms with Crippen LogP contribution in [0.3, 0.4) is 0 Å². The van der Waals surface area contributed by atoms with E-state index in [0.29, 0.717) is 36.5 Å². The Kier molecular flexibility index (Phi) is 5.08. The summed E-state index contributed by atoms with van der Waals surface area (Å²) in [6.45, 7) is 0.759. The second-order valence-electron chi connectivity index (χ2n) is 6.46. The highest BCUT2D eigenvalue weighted by atomic mass is 19.1. The van der Waals surface area contributed by atoms with Gasteiger partial charge in [-0.05, 0) is 36.2 Å². The Labute approximate surface area is 140 Å². The van der Waals surface area contributed by atoms with Gasteiger partial charge in [0.1, 0.15) is 11.6 Å². The molecule has 0 aliphatic heterocycles. The maximum Gasteiger partial charge on any atom is 0.265 e. The number of anilines is 1. The zero-order chi connectivity index (χ0) is 17.1. The summed E-state index contributed by atoms with van der Waals surface area (Å²) in [5, 5.41) is 3.91. The minimum absolute atomic E-state index is 0.322. The van der Waals surface area contributed by atoms with Gasteiger partial charge in [-0.25, -0.2) is 8.78 Å². The van der Waals surface area contributed by atoms with Crippen molar-refractivity contribution in [2.45, 2.75) is 44.8 Å². The lowest BCUT2D eigenvalue weighted by atomic mass is 10.1. The minimum Gasteiger partial charge on any atom is -0.344 e. The van der Waals surface area contributed by atoms with Crippen molar-refractivity contribution in [3.8, 4) is 0 Å². The Hall–Kier alpha value is -2.02. The van der Waals surface area contributed by atoms with E-state index in [2.05, 4.69) is 15.0 Å². The lowest BCUT2D eigenvalue weighted by Gasteiger charge is -2.27. The summed E-state index contributed by atoms with van der Waals surface area (Å²) in [6, 6.07) is 3.90. The number of hydrogen-bond donors (Lipinski definition) is 0. The van der Waals surface area contributed by atoms with Gasteiger partial charge < -0.3 is 9.42 Å². The lowest BCUT2D eigenvalue weighted by molar-refractivity contribution is 0.156. The molecule has 0 amide bonds. The molecule has 1 saturated carbocycles. The first kappa shape index (κ1) is 16.8. The van der Waals surface area contributed by atoms with E-state index in [0.717, 1.165) is 31.7 Å². The van der Waals surface area contributed by atoms with Crippen LogP contribution in [0.4, 0.5) is 14.7 Å². The molecule has 1 heterocycles. The van der Waals surface area contributed by atoms with Crippen LogP contribution in [0.25, 0.3) is 0 Å². The molecule has 1 aromatic carbocycles. The van der Waals surface area contributed by atoms with Gasteiger partial charge in [-0.3, -0.25) is 4.90 Å². The molecule has 130 valence electrons. The summed E-state index contributed by atoms with van der Waals surface area (Å²) in [6.07, 6.45) is 4.40. The van der Waals surface area contributed by atoms with Gasteiger partial charge >= 0.3 is 0 Å². The van der Waals surface area contributed by atoms with Gasteiger partial charge in [0.25, 0.3) is 5.95 Å². The van der Waals surface area contributed by atoms with E-state index in [1.165, 1.54) is 12.1 Å². The maximum atomic E-state index is 14.0. The first-order chi connectivity index (χ1) is 11.5. The van der Waals surface area contributed by atoms with E-state index in [1.54, 1.807) is 4.90 Å². The van der Waals surface area contributed by atoms with E-state index in [4.69, 9.17) is 4.52 Å². The Bertz CT molecular complexity index is 683. The normalized spacial score (nSPS) is 15.4. The van der Waals surface area contributed by atoms with Gasteiger partial charge in [0.05, 0.1) is 6.54 Å². The molecule has 1 fully saturated rings. The fourth-order valence-electron chi connectivity index (χ4n) is 3.13. The highest BCUT2D eigenvalue weighted by Crippen LogP contribution is 2.27. The molecule has 0 saturated heterocycles. The van der Waals surface area contributed by atoms with Gasteiger partial charge in [0, 0.05) is 32.2 Å². The first-order valence-electron chi connectivity index (χ1n) is 8.21. The smallest absolute Gasteiger partial charge is 0.265 e. The van der Waals surface area contributed by atoms with Crippen LogP contribution in [0.2, 0.25) is 0 Å². The fraction of sp³-hybridized carbons (Fsp3) is 0.529. The van der Waals surface area contributed by atoms with E-state index < -0.39 is 5.82 Å². The van der Waals surface area contributed by atoms with Crippen LogP contribution in [0, 0.1) is 11.6 Å². The molecule has 0 unspecified atom stereocenters. The molecule has 7 heteroatoms. The van der Waals surface area contributed by atoms with Crippen LogP contribution < -0.4 is 4.90 Å². The van der Waals surface area contributed by atoms with Crippen molar-refractivity contribution in [2.24, 2.45) is 0 Å². The van der Waals surface area contributed by atoms with E-state index >= 15 is 0 Å². The largest absolute Gasteiger partial charge is 0.344 e. The van der Waals surface area contributed by atoms with E-state index in [-0.39, 0.29) is 5.82 Å². The first-order valence-corrected chi connectivity index (χ1v) is 8.21. The number of hydrogen-bond acceptors (Lipinski definition) is 5. The Morgan fingerprint density at radius 1 is 1.17 bits per heavy atom. The third-order valence-electron chi connectivity index (χ3n) is 4.42. The van der Waals surface area contributed by atoms with Gasteiger partial charge in [0.15, 0.2) is 0 Å². The molecule has 0 N–H and O–H groups in total. The van der Waals surface area contributed by atoms with Crippen LogP contribution in [0.15, 0.2) is 22.7 Å². The molecule has 1 aromatic heterocycles. The van der Waals surface area contributed by atoms with Crippen molar-refractivity contribution >= 4 is 5.95 Å². The van der Waals surface area contributed by atoms with Crippen LogP contribution in [0.1, 0.15) is 37.1 Å². The quantitative estimate of drug-likeness (QED) is 0.809. The zero-order valence-corrected chi connectivity index (χ0v) is 14.0. The van der Waals surface area contributed by atoms with E-state index in [9.17, 15) is 8.78 Å². The monoisotopic (exact) mass is 336 g/mol. The lowest BCUT2D eigenvalue weighted by Crippen LogP contribution is -2.32. The number of benzene rings is 1. The van der Waals surface area contributed by atoms with Gasteiger partial charge in [0.2, 0.25) is 5.89 Å². The summed E-state index contributed by atoms with van der Waals surface area (Å²) in [5.74, 6) is 0.181. The number of halogens is 2.